The minimum absolute atomic E-state index is 0.258. The van der Waals surface area contributed by atoms with Gasteiger partial charge in [0.2, 0.25) is 5.96 Å². The summed E-state index contributed by atoms with van der Waals surface area (Å²) in [7, 11) is 0. The molecule has 6 nitrogen and oxygen atoms in total. The molecule has 1 atom stereocenters. The average molecular weight is 308 g/mol. The largest absolute Gasteiger partial charge is 0.370 e. The molecule has 0 saturated carbocycles. The van der Waals surface area contributed by atoms with Gasteiger partial charge in [-0.05, 0) is 11.1 Å². The van der Waals surface area contributed by atoms with Crippen LogP contribution in [-0.2, 0) is 13.0 Å². The van der Waals surface area contributed by atoms with Crippen molar-refractivity contribution in [2.75, 3.05) is 0 Å². The van der Waals surface area contributed by atoms with Crippen LogP contribution in [0.4, 0.5) is 0 Å². The zero-order valence-corrected chi connectivity index (χ0v) is 12.7. The van der Waals surface area contributed by atoms with E-state index in [9.17, 15) is 0 Å². The van der Waals surface area contributed by atoms with Crippen molar-refractivity contribution >= 4 is 11.9 Å². The molecular weight excluding hydrogens is 288 g/mol. The highest BCUT2D eigenvalue weighted by Gasteiger charge is 2.30. The molecular formula is C17H20N6. The molecule has 1 aliphatic heterocycles. The fourth-order valence-corrected chi connectivity index (χ4v) is 2.45. The van der Waals surface area contributed by atoms with Crippen LogP contribution in [0.3, 0.4) is 0 Å². The SMILES string of the molecule is NC1=NC(N)(Cc2ccccc2)NC(=NCc2ccccc2)N1. The summed E-state index contributed by atoms with van der Waals surface area (Å²) in [6, 6.07) is 19.9. The maximum atomic E-state index is 6.34. The van der Waals surface area contributed by atoms with E-state index in [1.165, 1.54) is 0 Å². The number of guanidine groups is 2. The molecule has 1 aliphatic rings. The zero-order chi connectivity index (χ0) is 16.1. The van der Waals surface area contributed by atoms with Crippen LogP contribution in [0.15, 0.2) is 70.6 Å². The molecule has 1 heterocycles. The van der Waals surface area contributed by atoms with Crippen LogP contribution in [0.25, 0.3) is 0 Å². The minimum Gasteiger partial charge on any atom is -0.370 e. The Morgan fingerprint density at radius 2 is 1.57 bits per heavy atom. The zero-order valence-electron chi connectivity index (χ0n) is 12.7. The van der Waals surface area contributed by atoms with Gasteiger partial charge in [-0.2, -0.15) is 0 Å². The lowest BCUT2D eigenvalue weighted by atomic mass is 10.1. The third-order valence-corrected chi connectivity index (χ3v) is 3.48. The molecule has 0 saturated heterocycles. The monoisotopic (exact) mass is 308 g/mol. The van der Waals surface area contributed by atoms with E-state index in [-0.39, 0.29) is 5.96 Å². The first-order valence-electron chi connectivity index (χ1n) is 7.45. The van der Waals surface area contributed by atoms with Crippen molar-refractivity contribution in [1.29, 1.82) is 0 Å². The standard InChI is InChI=1S/C17H20N6/c18-15-21-16(20-12-14-9-5-2-6-10-14)23-17(19,22-15)11-13-7-3-1-4-8-13/h1-10H,11-12,19H2,(H4,18,20,21,22,23). The van der Waals surface area contributed by atoms with Crippen molar-refractivity contribution in [3.8, 4) is 0 Å². The first kappa shape index (κ1) is 15.1. The van der Waals surface area contributed by atoms with E-state index >= 15 is 0 Å². The molecule has 0 fully saturated rings. The smallest absolute Gasteiger partial charge is 0.201 e. The van der Waals surface area contributed by atoms with Crippen LogP contribution < -0.4 is 22.1 Å². The van der Waals surface area contributed by atoms with Crippen molar-refractivity contribution in [3.63, 3.8) is 0 Å². The van der Waals surface area contributed by atoms with Gasteiger partial charge in [-0.3, -0.25) is 11.1 Å². The van der Waals surface area contributed by atoms with Gasteiger partial charge >= 0.3 is 0 Å². The summed E-state index contributed by atoms with van der Waals surface area (Å²) in [6.07, 6.45) is 0.514. The van der Waals surface area contributed by atoms with E-state index in [1.807, 2.05) is 60.7 Å². The van der Waals surface area contributed by atoms with Gasteiger partial charge in [0.15, 0.2) is 11.7 Å². The third-order valence-electron chi connectivity index (χ3n) is 3.48. The van der Waals surface area contributed by atoms with Gasteiger partial charge in [-0.15, -0.1) is 0 Å². The highest BCUT2D eigenvalue weighted by Crippen LogP contribution is 2.12. The summed E-state index contributed by atoms with van der Waals surface area (Å²) in [5.74, 6) is -0.222. The van der Waals surface area contributed by atoms with Crippen molar-refractivity contribution in [3.05, 3.63) is 71.8 Å². The fraction of sp³-hybridized carbons (Fsp3) is 0.176. The number of nitrogens with two attached hydrogens (primary N) is 2. The normalized spacial score (nSPS) is 22.1. The number of benzene rings is 2. The van der Waals surface area contributed by atoms with Crippen molar-refractivity contribution < 1.29 is 0 Å². The van der Waals surface area contributed by atoms with Crippen LogP contribution in [0.2, 0.25) is 0 Å². The summed E-state index contributed by atoms with van der Waals surface area (Å²) in [4.78, 5) is 8.78. The first-order chi connectivity index (χ1) is 11.1. The average Bonchev–Trinajstić information content (AvgIpc) is 2.54. The number of aliphatic imine (C=N–C) groups is 2. The molecule has 0 bridgehead atoms. The molecule has 0 radical (unpaired) electrons. The summed E-state index contributed by atoms with van der Waals surface area (Å²) in [5.41, 5.74) is 14.4. The number of nitrogens with zero attached hydrogens (tertiary/aromatic N) is 2. The predicted molar refractivity (Wildman–Crippen MR) is 92.5 cm³/mol. The van der Waals surface area contributed by atoms with E-state index in [4.69, 9.17) is 11.5 Å². The minimum atomic E-state index is -1.01. The second kappa shape index (κ2) is 6.50. The molecule has 118 valence electrons. The predicted octanol–water partition coefficient (Wildman–Crippen LogP) is 0.905. The maximum Gasteiger partial charge on any atom is 0.201 e. The van der Waals surface area contributed by atoms with Crippen LogP contribution >= 0.6 is 0 Å². The Morgan fingerprint density at radius 3 is 2.22 bits per heavy atom. The Labute approximate surface area is 135 Å². The Kier molecular flexibility index (Phi) is 4.25. The fourth-order valence-electron chi connectivity index (χ4n) is 2.45. The van der Waals surface area contributed by atoms with Crippen LogP contribution in [-0.4, -0.2) is 17.7 Å². The van der Waals surface area contributed by atoms with E-state index in [0.717, 1.165) is 11.1 Å². The quantitative estimate of drug-likeness (QED) is 0.674. The third kappa shape index (κ3) is 4.08. The Morgan fingerprint density at radius 1 is 0.957 bits per heavy atom. The van der Waals surface area contributed by atoms with E-state index in [1.54, 1.807) is 0 Å². The van der Waals surface area contributed by atoms with Gasteiger partial charge in [0, 0.05) is 6.42 Å². The van der Waals surface area contributed by atoms with Crippen molar-refractivity contribution in [2.45, 2.75) is 18.8 Å². The molecule has 2 aromatic rings. The summed E-state index contributed by atoms with van der Waals surface area (Å²) in [6.45, 7) is 0.533. The second-order valence-corrected chi connectivity index (χ2v) is 5.48. The summed E-state index contributed by atoms with van der Waals surface area (Å²) < 4.78 is 0. The highest BCUT2D eigenvalue weighted by molar-refractivity contribution is 6.00. The Hall–Kier alpha value is -2.86. The van der Waals surface area contributed by atoms with Gasteiger partial charge in [-0.25, -0.2) is 9.98 Å². The number of nitrogens with one attached hydrogen (secondary N) is 2. The molecule has 23 heavy (non-hydrogen) atoms. The molecule has 0 amide bonds. The molecule has 0 spiro atoms. The van der Waals surface area contributed by atoms with Crippen LogP contribution in [0.1, 0.15) is 11.1 Å². The molecule has 6 heteroatoms. The number of hydrogen-bond donors (Lipinski definition) is 4. The van der Waals surface area contributed by atoms with Crippen molar-refractivity contribution in [2.24, 2.45) is 21.5 Å². The van der Waals surface area contributed by atoms with E-state index in [0.29, 0.717) is 18.9 Å². The highest BCUT2D eigenvalue weighted by atomic mass is 15.4. The van der Waals surface area contributed by atoms with Crippen molar-refractivity contribution in [1.82, 2.24) is 10.6 Å². The molecule has 6 N–H and O–H groups in total. The molecule has 1 unspecified atom stereocenters. The topological polar surface area (TPSA) is 101 Å². The van der Waals surface area contributed by atoms with Crippen LogP contribution in [0, 0.1) is 0 Å². The summed E-state index contributed by atoms with van der Waals surface area (Å²) in [5, 5.41) is 6.04. The van der Waals surface area contributed by atoms with Gasteiger partial charge in [0.25, 0.3) is 0 Å². The molecule has 0 aromatic heterocycles. The lowest BCUT2D eigenvalue weighted by Crippen LogP contribution is -2.65. The van der Waals surface area contributed by atoms with Gasteiger partial charge in [0.05, 0.1) is 6.54 Å². The molecule has 3 rings (SSSR count). The van der Waals surface area contributed by atoms with Gasteiger partial charge in [-0.1, -0.05) is 60.7 Å². The van der Waals surface area contributed by atoms with E-state index in [2.05, 4.69) is 20.6 Å². The molecule has 0 aliphatic carbocycles. The second-order valence-electron chi connectivity index (χ2n) is 5.48. The van der Waals surface area contributed by atoms with Gasteiger partial charge in [0.1, 0.15) is 0 Å². The van der Waals surface area contributed by atoms with E-state index < -0.39 is 5.79 Å². The van der Waals surface area contributed by atoms with Gasteiger partial charge < -0.3 is 11.1 Å². The van der Waals surface area contributed by atoms with Crippen LogP contribution in [0.5, 0.6) is 0 Å². The Bertz CT molecular complexity index is 710. The lowest BCUT2D eigenvalue weighted by Gasteiger charge is -2.32. The Balaban J connectivity index is 1.74. The first-order valence-corrected chi connectivity index (χ1v) is 7.45. The number of hydrogen-bond acceptors (Lipinski definition) is 4. The lowest BCUT2D eigenvalue weighted by molar-refractivity contribution is 0.396. The molecule has 2 aromatic carbocycles. The number of rotatable bonds is 4. The maximum absolute atomic E-state index is 6.34. The summed E-state index contributed by atoms with van der Waals surface area (Å²) >= 11 is 0.